The summed E-state index contributed by atoms with van der Waals surface area (Å²) in [5.74, 6) is 3.94. The number of halogens is 2. The highest BCUT2D eigenvalue weighted by molar-refractivity contribution is 6.31. The van der Waals surface area contributed by atoms with E-state index >= 15 is 0 Å². The summed E-state index contributed by atoms with van der Waals surface area (Å²) in [6, 6.07) is 7.04. The van der Waals surface area contributed by atoms with Crippen LogP contribution in [-0.4, -0.2) is 6.54 Å². The summed E-state index contributed by atoms with van der Waals surface area (Å²) in [5, 5.41) is 1.03. The first-order chi connectivity index (χ1) is 12.8. The zero-order valence-corrected chi connectivity index (χ0v) is 18.2. The Morgan fingerprint density at radius 2 is 1.63 bits per heavy atom. The van der Waals surface area contributed by atoms with Gasteiger partial charge < -0.3 is 5.73 Å². The maximum atomic E-state index is 6.72. The summed E-state index contributed by atoms with van der Waals surface area (Å²) in [5.41, 5.74) is 9.07. The average Bonchev–Trinajstić information content (AvgIpc) is 3.47. The van der Waals surface area contributed by atoms with E-state index in [1.165, 1.54) is 88.2 Å². The summed E-state index contributed by atoms with van der Waals surface area (Å²) < 4.78 is 0. The maximum absolute atomic E-state index is 6.72. The van der Waals surface area contributed by atoms with Crippen LogP contribution in [0, 0.1) is 17.8 Å². The van der Waals surface area contributed by atoms with Crippen molar-refractivity contribution in [2.75, 3.05) is 6.54 Å². The smallest absolute Gasteiger partial charge is 0.0443 e. The van der Waals surface area contributed by atoms with Crippen LogP contribution in [0.5, 0.6) is 0 Å². The van der Waals surface area contributed by atoms with Gasteiger partial charge in [-0.15, -0.1) is 12.4 Å². The van der Waals surface area contributed by atoms with Gasteiger partial charge in [0.2, 0.25) is 0 Å². The molecule has 27 heavy (non-hydrogen) atoms. The largest absolute Gasteiger partial charge is 0.330 e. The summed E-state index contributed by atoms with van der Waals surface area (Å²) in [7, 11) is 0. The fraction of sp³-hybridized carbons (Fsp3) is 0.750. The van der Waals surface area contributed by atoms with E-state index in [-0.39, 0.29) is 12.4 Å². The van der Waals surface area contributed by atoms with Crippen LogP contribution in [0.2, 0.25) is 5.02 Å². The van der Waals surface area contributed by atoms with Gasteiger partial charge in [-0.2, -0.15) is 0 Å². The normalized spacial score (nSPS) is 27.8. The molecule has 0 bridgehead atoms. The molecule has 0 radical (unpaired) electrons. The van der Waals surface area contributed by atoms with Crippen molar-refractivity contribution in [3.63, 3.8) is 0 Å². The van der Waals surface area contributed by atoms with Crippen LogP contribution in [0.25, 0.3) is 0 Å². The van der Waals surface area contributed by atoms with Gasteiger partial charge in [-0.25, -0.2) is 0 Å². The fourth-order valence-corrected chi connectivity index (χ4v) is 6.25. The first-order valence-corrected chi connectivity index (χ1v) is 11.6. The lowest BCUT2D eigenvalue weighted by Gasteiger charge is -2.29. The number of nitrogens with two attached hydrogens (primary N) is 1. The topological polar surface area (TPSA) is 26.0 Å². The Labute approximate surface area is 177 Å². The van der Waals surface area contributed by atoms with Gasteiger partial charge in [-0.05, 0) is 79.0 Å². The summed E-state index contributed by atoms with van der Waals surface area (Å²) in [6.07, 6.45) is 16.6. The number of rotatable bonds is 6. The average molecular weight is 410 g/mol. The van der Waals surface area contributed by atoms with Gasteiger partial charge in [0, 0.05) is 5.02 Å². The van der Waals surface area contributed by atoms with E-state index in [4.69, 9.17) is 17.3 Å². The van der Waals surface area contributed by atoms with Crippen molar-refractivity contribution in [3.05, 3.63) is 34.3 Å². The van der Waals surface area contributed by atoms with E-state index in [2.05, 4.69) is 18.2 Å². The Morgan fingerprint density at radius 3 is 2.26 bits per heavy atom. The molecule has 3 aliphatic carbocycles. The summed E-state index contributed by atoms with van der Waals surface area (Å²) in [4.78, 5) is 0. The van der Waals surface area contributed by atoms with Gasteiger partial charge >= 0.3 is 0 Å². The molecule has 152 valence electrons. The van der Waals surface area contributed by atoms with Crippen LogP contribution < -0.4 is 5.73 Å². The number of benzene rings is 1. The molecule has 2 N–H and O–H groups in total. The zero-order valence-electron chi connectivity index (χ0n) is 16.7. The highest BCUT2D eigenvalue weighted by atomic mass is 35.5. The highest BCUT2D eigenvalue weighted by Crippen LogP contribution is 2.53. The second kappa shape index (κ2) is 9.99. The quantitative estimate of drug-likeness (QED) is 0.517. The van der Waals surface area contributed by atoms with Gasteiger partial charge in [0.1, 0.15) is 0 Å². The molecule has 3 aliphatic rings. The van der Waals surface area contributed by atoms with E-state index < -0.39 is 0 Å². The molecule has 4 rings (SSSR count). The van der Waals surface area contributed by atoms with Gasteiger partial charge in [0.05, 0.1) is 0 Å². The zero-order chi connectivity index (χ0) is 17.9. The predicted octanol–water partition coefficient (Wildman–Crippen LogP) is 7.46. The Morgan fingerprint density at radius 1 is 0.963 bits per heavy atom. The van der Waals surface area contributed by atoms with Crippen LogP contribution in [-0.2, 0) is 0 Å². The minimum atomic E-state index is 0. The second-order valence-electron chi connectivity index (χ2n) is 9.35. The molecular weight excluding hydrogens is 373 g/mol. The van der Waals surface area contributed by atoms with Crippen LogP contribution in [0.3, 0.4) is 0 Å². The third kappa shape index (κ3) is 5.22. The molecule has 3 fully saturated rings. The lowest BCUT2D eigenvalue weighted by molar-refractivity contribution is 0.233. The first-order valence-electron chi connectivity index (χ1n) is 11.3. The minimum absolute atomic E-state index is 0. The van der Waals surface area contributed by atoms with Crippen molar-refractivity contribution in [1.29, 1.82) is 0 Å². The Kier molecular flexibility index (Phi) is 7.94. The van der Waals surface area contributed by atoms with Crippen LogP contribution in [0.15, 0.2) is 18.2 Å². The van der Waals surface area contributed by atoms with Gasteiger partial charge in [0.15, 0.2) is 0 Å². The Bertz CT molecular complexity index is 590. The van der Waals surface area contributed by atoms with Crippen LogP contribution in [0.1, 0.15) is 100 Å². The molecule has 0 heterocycles. The van der Waals surface area contributed by atoms with Crippen molar-refractivity contribution in [2.45, 2.75) is 88.9 Å². The van der Waals surface area contributed by atoms with Gasteiger partial charge in [-0.3, -0.25) is 0 Å². The number of hydrogen-bond donors (Lipinski definition) is 1. The highest BCUT2D eigenvalue weighted by Gasteiger charge is 2.41. The van der Waals surface area contributed by atoms with Crippen LogP contribution >= 0.6 is 24.0 Å². The van der Waals surface area contributed by atoms with Crippen molar-refractivity contribution < 1.29 is 0 Å². The Balaban J connectivity index is 0.00000210. The molecule has 1 aromatic rings. The molecule has 3 saturated carbocycles. The van der Waals surface area contributed by atoms with Gasteiger partial charge in [-0.1, -0.05) is 75.1 Å². The molecule has 3 unspecified atom stereocenters. The molecule has 3 atom stereocenters. The molecule has 0 aliphatic heterocycles. The van der Waals surface area contributed by atoms with E-state index in [1.54, 1.807) is 0 Å². The van der Waals surface area contributed by atoms with Crippen molar-refractivity contribution in [2.24, 2.45) is 23.5 Å². The molecule has 0 amide bonds. The van der Waals surface area contributed by atoms with E-state index in [0.717, 1.165) is 35.2 Å². The predicted molar refractivity (Wildman–Crippen MR) is 119 cm³/mol. The second-order valence-corrected chi connectivity index (χ2v) is 9.75. The SMILES string of the molecule is Cl.NCC(CC1CC1c1ccc(C2CCCCC2)c(Cl)c1)C1CCCCC1. The van der Waals surface area contributed by atoms with E-state index in [9.17, 15) is 0 Å². The number of hydrogen-bond acceptors (Lipinski definition) is 1. The van der Waals surface area contributed by atoms with E-state index in [1.807, 2.05) is 0 Å². The minimum Gasteiger partial charge on any atom is -0.330 e. The van der Waals surface area contributed by atoms with Crippen molar-refractivity contribution in [3.8, 4) is 0 Å². The van der Waals surface area contributed by atoms with Gasteiger partial charge in [0.25, 0.3) is 0 Å². The molecule has 0 aromatic heterocycles. The molecule has 0 saturated heterocycles. The van der Waals surface area contributed by atoms with Crippen molar-refractivity contribution in [1.82, 2.24) is 0 Å². The summed E-state index contributed by atoms with van der Waals surface area (Å²) in [6.45, 7) is 0.884. The molecule has 3 heteroatoms. The maximum Gasteiger partial charge on any atom is 0.0443 e. The Hall–Kier alpha value is -0.240. The fourth-order valence-electron chi connectivity index (χ4n) is 5.91. The first kappa shape index (κ1) is 21.5. The van der Waals surface area contributed by atoms with E-state index in [0.29, 0.717) is 5.92 Å². The standard InChI is InChI=1S/C24H36ClN.ClH/c25-24-15-19(11-12-22(24)18-9-5-2-6-10-18)23-14-20(23)13-21(16-26)17-7-3-1-4-8-17;/h11-12,15,17-18,20-21,23H,1-10,13-14,16,26H2;1H. The van der Waals surface area contributed by atoms with Crippen molar-refractivity contribution >= 4 is 24.0 Å². The lowest BCUT2D eigenvalue weighted by atomic mass is 9.77. The molecular formula is C24H37Cl2N. The summed E-state index contributed by atoms with van der Waals surface area (Å²) >= 11 is 6.72. The monoisotopic (exact) mass is 409 g/mol. The molecule has 1 nitrogen and oxygen atoms in total. The molecule has 0 spiro atoms. The third-order valence-corrected chi connectivity index (χ3v) is 7.97. The molecule has 1 aromatic carbocycles. The third-order valence-electron chi connectivity index (χ3n) is 7.64. The lowest BCUT2D eigenvalue weighted by Crippen LogP contribution is -2.26. The van der Waals surface area contributed by atoms with Crippen LogP contribution in [0.4, 0.5) is 0 Å².